The second kappa shape index (κ2) is 6.74. The van der Waals surface area contributed by atoms with Crippen molar-refractivity contribution >= 4 is 11.3 Å². The Labute approximate surface area is 151 Å². The number of thiazole rings is 1. The van der Waals surface area contributed by atoms with E-state index in [1.54, 1.807) is 17.4 Å². The summed E-state index contributed by atoms with van der Waals surface area (Å²) in [4.78, 5) is 9.11. The molecule has 1 aromatic heterocycles. The van der Waals surface area contributed by atoms with Crippen molar-refractivity contribution in [3.8, 4) is 0 Å². The highest BCUT2D eigenvalue weighted by atomic mass is 32.1. The van der Waals surface area contributed by atoms with Crippen LogP contribution < -0.4 is 0 Å². The van der Waals surface area contributed by atoms with E-state index in [1.165, 1.54) is 17.5 Å². The zero-order chi connectivity index (χ0) is 17.4. The summed E-state index contributed by atoms with van der Waals surface area (Å²) in [6.45, 7) is 3.47. The van der Waals surface area contributed by atoms with Crippen LogP contribution in [-0.4, -0.2) is 41.0 Å². The van der Waals surface area contributed by atoms with Gasteiger partial charge in [-0.15, -0.1) is 11.3 Å². The summed E-state index contributed by atoms with van der Waals surface area (Å²) in [7, 11) is 2.20. The Morgan fingerprint density at radius 2 is 2.12 bits per heavy atom. The summed E-state index contributed by atoms with van der Waals surface area (Å²) >= 11 is 1.71. The normalized spacial score (nSPS) is 22.6. The van der Waals surface area contributed by atoms with Crippen molar-refractivity contribution in [1.29, 1.82) is 0 Å². The van der Waals surface area contributed by atoms with Gasteiger partial charge < -0.3 is 0 Å². The summed E-state index contributed by atoms with van der Waals surface area (Å²) in [6.07, 6.45) is 5.43. The Kier molecular flexibility index (Phi) is 4.60. The van der Waals surface area contributed by atoms with Crippen molar-refractivity contribution in [2.45, 2.75) is 38.4 Å². The molecule has 3 nitrogen and oxygen atoms in total. The zero-order valence-electron chi connectivity index (χ0n) is 14.4. The summed E-state index contributed by atoms with van der Waals surface area (Å²) < 4.78 is 26.9. The van der Waals surface area contributed by atoms with Crippen molar-refractivity contribution in [1.82, 2.24) is 14.8 Å². The van der Waals surface area contributed by atoms with Crippen LogP contribution in [0.25, 0.3) is 0 Å². The summed E-state index contributed by atoms with van der Waals surface area (Å²) in [5.74, 6) is -0.948. The fourth-order valence-corrected chi connectivity index (χ4v) is 4.87. The molecule has 0 amide bonds. The van der Waals surface area contributed by atoms with Crippen LogP contribution in [0, 0.1) is 17.0 Å². The minimum absolute atomic E-state index is 0.434. The molecule has 1 aromatic carbocycles. The zero-order valence-corrected chi connectivity index (χ0v) is 15.2. The number of benzene rings is 1. The van der Waals surface area contributed by atoms with E-state index in [2.05, 4.69) is 21.8 Å². The first-order chi connectivity index (χ1) is 12.1. The molecule has 0 bridgehead atoms. The van der Waals surface area contributed by atoms with Gasteiger partial charge in [0.15, 0.2) is 0 Å². The van der Waals surface area contributed by atoms with Crippen molar-refractivity contribution in [2.24, 2.45) is 5.41 Å². The maximum atomic E-state index is 13.8. The van der Waals surface area contributed by atoms with Crippen molar-refractivity contribution in [2.75, 3.05) is 20.1 Å². The summed E-state index contributed by atoms with van der Waals surface area (Å²) in [6, 6.07) is 4.53. The third-order valence-corrected chi connectivity index (χ3v) is 6.57. The van der Waals surface area contributed by atoms with E-state index >= 15 is 0 Å². The maximum absolute atomic E-state index is 13.8. The van der Waals surface area contributed by atoms with Gasteiger partial charge in [-0.2, -0.15) is 0 Å². The second-order valence-electron chi connectivity index (χ2n) is 7.44. The Hall–Kier alpha value is -1.37. The van der Waals surface area contributed by atoms with Crippen LogP contribution in [0.1, 0.15) is 29.8 Å². The molecule has 25 heavy (non-hydrogen) atoms. The smallest absolute Gasteiger partial charge is 0.130 e. The quantitative estimate of drug-likeness (QED) is 0.803. The molecule has 134 valence electrons. The Bertz CT molecular complexity index is 726. The topological polar surface area (TPSA) is 19.4 Å². The SMILES string of the molecule is CN(Cc1nccs1)[C@@H]1CC12CCN(Cc1ccc(F)cc1F)CC2. The number of likely N-dealkylation sites (tertiary alicyclic amines) is 1. The van der Waals surface area contributed by atoms with Crippen LogP contribution in [0.2, 0.25) is 0 Å². The second-order valence-corrected chi connectivity index (χ2v) is 8.41. The Morgan fingerprint density at radius 3 is 2.80 bits per heavy atom. The summed E-state index contributed by atoms with van der Waals surface area (Å²) in [5.41, 5.74) is 1.02. The lowest BCUT2D eigenvalue weighted by Gasteiger charge is -2.34. The van der Waals surface area contributed by atoms with E-state index in [4.69, 9.17) is 0 Å². The van der Waals surface area contributed by atoms with Crippen molar-refractivity contribution < 1.29 is 8.78 Å². The van der Waals surface area contributed by atoms with E-state index in [9.17, 15) is 8.78 Å². The highest BCUT2D eigenvalue weighted by Crippen LogP contribution is 2.56. The Balaban J connectivity index is 1.30. The van der Waals surface area contributed by atoms with Crippen molar-refractivity contribution in [3.63, 3.8) is 0 Å². The molecule has 1 atom stereocenters. The van der Waals surface area contributed by atoms with Gasteiger partial charge in [-0.3, -0.25) is 9.80 Å². The largest absolute Gasteiger partial charge is 0.299 e. The third kappa shape index (κ3) is 3.61. The van der Waals surface area contributed by atoms with Gasteiger partial charge in [0.2, 0.25) is 0 Å². The number of rotatable bonds is 5. The molecule has 2 aromatic rings. The molecule has 1 aliphatic carbocycles. The van der Waals surface area contributed by atoms with Gasteiger partial charge in [0, 0.05) is 35.8 Å². The maximum Gasteiger partial charge on any atom is 0.130 e. The molecule has 1 saturated carbocycles. The number of hydrogen-bond acceptors (Lipinski definition) is 4. The number of piperidine rings is 1. The van der Waals surface area contributed by atoms with Gasteiger partial charge in [-0.05, 0) is 50.9 Å². The van der Waals surface area contributed by atoms with Gasteiger partial charge >= 0.3 is 0 Å². The average Bonchev–Trinajstić information content (AvgIpc) is 3.04. The molecule has 0 N–H and O–H groups in total. The first-order valence-corrected chi connectivity index (χ1v) is 9.69. The van der Waals surface area contributed by atoms with E-state index in [0.717, 1.165) is 38.5 Å². The molecule has 0 unspecified atom stereocenters. The molecule has 1 spiro atoms. The first kappa shape index (κ1) is 17.1. The van der Waals surface area contributed by atoms with E-state index < -0.39 is 11.6 Å². The minimum atomic E-state index is -0.511. The Morgan fingerprint density at radius 1 is 1.32 bits per heavy atom. The first-order valence-electron chi connectivity index (χ1n) is 8.81. The highest BCUT2D eigenvalue weighted by molar-refractivity contribution is 7.09. The molecule has 1 aliphatic heterocycles. The lowest BCUT2D eigenvalue weighted by molar-refractivity contribution is 0.138. The number of nitrogens with zero attached hydrogens (tertiary/aromatic N) is 3. The minimum Gasteiger partial charge on any atom is -0.299 e. The molecular weight excluding hydrogens is 340 g/mol. The number of aromatic nitrogens is 1. The van der Waals surface area contributed by atoms with Crippen LogP contribution in [-0.2, 0) is 13.1 Å². The number of halogens is 2. The fourth-order valence-electron chi connectivity index (χ4n) is 4.19. The van der Waals surface area contributed by atoms with Crippen LogP contribution in [0.4, 0.5) is 8.78 Å². The van der Waals surface area contributed by atoms with Gasteiger partial charge in [0.05, 0.1) is 6.54 Å². The van der Waals surface area contributed by atoms with Crippen molar-refractivity contribution in [3.05, 3.63) is 52.0 Å². The summed E-state index contributed by atoms with van der Waals surface area (Å²) in [5, 5.41) is 3.20. The molecule has 2 heterocycles. The molecule has 2 aliphatic rings. The molecule has 6 heteroatoms. The predicted octanol–water partition coefficient (Wildman–Crippen LogP) is 3.91. The molecular formula is C19H23F2N3S. The highest BCUT2D eigenvalue weighted by Gasteiger charge is 2.56. The third-order valence-electron chi connectivity index (χ3n) is 5.81. The van der Waals surface area contributed by atoms with Crippen LogP contribution in [0.15, 0.2) is 29.8 Å². The van der Waals surface area contributed by atoms with Crippen LogP contribution in [0.3, 0.4) is 0 Å². The number of hydrogen-bond donors (Lipinski definition) is 0. The molecule has 4 rings (SSSR count). The lowest BCUT2D eigenvalue weighted by atomic mass is 9.92. The molecule has 1 saturated heterocycles. The van der Waals surface area contributed by atoms with Gasteiger partial charge in [-0.1, -0.05) is 6.07 Å². The van der Waals surface area contributed by atoms with E-state index in [1.807, 2.05) is 11.6 Å². The molecule has 0 radical (unpaired) electrons. The standard InChI is InChI=1S/C19H23F2N3S/c1-23(13-18-22-6-9-25-18)17-11-19(17)4-7-24(8-5-19)12-14-2-3-15(20)10-16(14)21/h2-3,6,9-10,17H,4-5,7-8,11-13H2,1H3/t17-/m1/s1. The fraction of sp³-hybridized carbons (Fsp3) is 0.526. The van der Waals surface area contributed by atoms with Gasteiger partial charge in [-0.25, -0.2) is 13.8 Å². The van der Waals surface area contributed by atoms with E-state index in [0.29, 0.717) is 23.6 Å². The van der Waals surface area contributed by atoms with Gasteiger partial charge in [0.1, 0.15) is 16.6 Å². The lowest BCUT2D eigenvalue weighted by Crippen LogP contribution is -2.37. The van der Waals surface area contributed by atoms with Gasteiger partial charge in [0.25, 0.3) is 0 Å². The monoisotopic (exact) mass is 363 g/mol. The predicted molar refractivity (Wildman–Crippen MR) is 95.3 cm³/mol. The van der Waals surface area contributed by atoms with E-state index in [-0.39, 0.29) is 0 Å². The van der Waals surface area contributed by atoms with Crippen LogP contribution in [0.5, 0.6) is 0 Å². The molecule has 2 fully saturated rings. The van der Waals surface area contributed by atoms with Crippen LogP contribution >= 0.6 is 11.3 Å². The average molecular weight is 363 g/mol.